The summed E-state index contributed by atoms with van der Waals surface area (Å²) in [5.41, 5.74) is 9.44. The molecular formula is C48H53N3O3S. The quantitative estimate of drug-likeness (QED) is 0.176. The molecule has 0 fully saturated rings. The Balaban J connectivity index is 1.30. The SMILES string of the molecule is Cc1ccc2c(c1C)C[C@]1(C)OC(c3cc(C(C)C)cc(S(=O)(=O)c4ccc5c6cc(C(C)(C)C)ccc6n(-c6cc(C(C)(C)C)ccn6)c5c4)c3)=N[C@]21C. The maximum absolute atomic E-state index is 14.9. The van der Waals surface area contributed by atoms with Gasteiger partial charge in [0.05, 0.1) is 20.8 Å². The zero-order valence-electron chi connectivity index (χ0n) is 34.3. The van der Waals surface area contributed by atoms with Gasteiger partial charge in [0.2, 0.25) is 15.7 Å². The lowest BCUT2D eigenvalue weighted by Crippen LogP contribution is -2.41. The molecule has 284 valence electrons. The van der Waals surface area contributed by atoms with E-state index in [-0.39, 0.29) is 26.5 Å². The van der Waals surface area contributed by atoms with Crippen LogP contribution in [0.5, 0.6) is 0 Å². The lowest BCUT2D eigenvalue weighted by molar-refractivity contribution is 0.0475. The third-order valence-corrected chi connectivity index (χ3v) is 14.2. The molecule has 0 saturated heterocycles. The highest BCUT2D eigenvalue weighted by Gasteiger charge is 2.59. The molecule has 7 heteroatoms. The van der Waals surface area contributed by atoms with Gasteiger partial charge in [0.15, 0.2) is 0 Å². The number of aromatic nitrogens is 2. The number of hydrogen-bond acceptors (Lipinski definition) is 5. The van der Waals surface area contributed by atoms with Crippen LogP contribution in [-0.4, -0.2) is 29.5 Å². The Kier molecular flexibility index (Phi) is 8.20. The van der Waals surface area contributed by atoms with Gasteiger partial charge in [-0.25, -0.2) is 18.4 Å². The average Bonchev–Trinajstić information content (AvgIpc) is 3.67. The Morgan fingerprint density at radius 3 is 2.16 bits per heavy atom. The largest absolute Gasteiger partial charge is 0.468 e. The summed E-state index contributed by atoms with van der Waals surface area (Å²) in [6.45, 7) is 26.0. The molecule has 2 atom stereocenters. The first-order valence-corrected chi connectivity index (χ1v) is 21.0. The number of sulfone groups is 1. The smallest absolute Gasteiger partial charge is 0.217 e. The normalized spacial score (nSPS) is 19.9. The van der Waals surface area contributed by atoms with Crippen molar-refractivity contribution < 1.29 is 13.2 Å². The van der Waals surface area contributed by atoms with E-state index in [4.69, 9.17) is 14.7 Å². The van der Waals surface area contributed by atoms with Gasteiger partial charge in [-0.15, -0.1) is 0 Å². The number of aliphatic imine (C=N–C) groups is 1. The number of aryl methyl sites for hydroxylation is 1. The maximum Gasteiger partial charge on any atom is 0.217 e. The van der Waals surface area contributed by atoms with Crippen LogP contribution >= 0.6 is 0 Å². The molecule has 0 saturated carbocycles. The summed E-state index contributed by atoms with van der Waals surface area (Å²) >= 11 is 0. The van der Waals surface area contributed by atoms with Crippen LogP contribution in [0, 0.1) is 13.8 Å². The van der Waals surface area contributed by atoms with Gasteiger partial charge in [-0.3, -0.25) is 4.57 Å². The van der Waals surface area contributed by atoms with E-state index in [0.717, 1.165) is 45.2 Å². The minimum absolute atomic E-state index is 0.0579. The minimum atomic E-state index is -3.99. The zero-order valence-corrected chi connectivity index (χ0v) is 35.2. The molecule has 1 aliphatic heterocycles. The van der Waals surface area contributed by atoms with Crippen LogP contribution in [0.2, 0.25) is 0 Å². The fourth-order valence-electron chi connectivity index (χ4n) is 8.49. The fraction of sp³-hybridized carbons (Fsp3) is 0.375. The lowest BCUT2D eigenvalue weighted by atomic mass is 9.84. The van der Waals surface area contributed by atoms with E-state index in [0.29, 0.717) is 11.5 Å². The Morgan fingerprint density at radius 1 is 0.764 bits per heavy atom. The van der Waals surface area contributed by atoms with Crippen molar-refractivity contribution in [1.82, 2.24) is 9.55 Å². The molecule has 8 rings (SSSR count). The molecule has 4 aromatic carbocycles. The van der Waals surface area contributed by atoms with Crippen molar-refractivity contribution in [2.75, 3.05) is 0 Å². The fourth-order valence-corrected chi connectivity index (χ4v) is 9.85. The Morgan fingerprint density at radius 2 is 1.47 bits per heavy atom. The van der Waals surface area contributed by atoms with Crippen molar-refractivity contribution in [2.24, 2.45) is 4.99 Å². The van der Waals surface area contributed by atoms with E-state index in [9.17, 15) is 8.42 Å². The number of rotatable bonds is 5. The van der Waals surface area contributed by atoms with Gasteiger partial charge in [0, 0.05) is 29.0 Å². The summed E-state index contributed by atoms with van der Waals surface area (Å²) in [7, 11) is -3.99. The molecule has 0 N–H and O–H groups in total. The molecule has 6 aromatic rings. The van der Waals surface area contributed by atoms with Crippen molar-refractivity contribution in [3.8, 4) is 5.82 Å². The van der Waals surface area contributed by atoms with Gasteiger partial charge < -0.3 is 4.74 Å². The second kappa shape index (κ2) is 12.1. The monoisotopic (exact) mass is 751 g/mol. The first kappa shape index (κ1) is 37.2. The average molecular weight is 752 g/mol. The van der Waals surface area contributed by atoms with Crippen LogP contribution in [-0.2, 0) is 37.4 Å². The van der Waals surface area contributed by atoms with Crippen LogP contribution in [0.1, 0.15) is 120 Å². The first-order chi connectivity index (χ1) is 25.6. The van der Waals surface area contributed by atoms with Gasteiger partial charge in [0.25, 0.3) is 0 Å². The second-order valence-electron chi connectivity index (χ2n) is 18.6. The van der Waals surface area contributed by atoms with Crippen molar-refractivity contribution >= 4 is 37.5 Å². The van der Waals surface area contributed by atoms with Gasteiger partial charge in [-0.1, -0.05) is 79.7 Å². The van der Waals surface area contributed by atoms with E-state index in [1.807, 2.05) is 30.5 Å². The van der Waals surface area contributed by atoms with E-state index in [1.54, 1.807) is 12.1 Å². The van der Waals surface area contributed by atoms with Crippen LogP contribution in [0.25, 0.3) is 27.6 Å². The van der Waals surface area contributed by atoms with E-state index in [1.165, 1.54) is 27.8 Å². The number of ether oxygens (including phenoxy) is 1. The highest BCUT2D eigenvalue weighted by atomic mass is 32.2. The Hall–Kier alpha value is -4.75. The third-order valence-electron chi connectivity index (χ3n) is 12.5. The second-order valence-corrected chi connectivity index (χ2v) is 20.6. The standard InChI is InChI=1S/C48H53N3O3S/c1-28(2)31-21-32(44-50-48(12)40-17-13-29(3)30(4)39(40)27-47(48,11)54-44)23-36(22-31)55(52,53)35-15-16-37-38-24-33(45(5,6)7)14-18-41(38)51(42(37)26-35)43-25-34(19-20-49-43)46(8,9)10/h13-26,28H,27H2,1-12H3/t47-,48+/m0/s1. The molecule has 2 aliphatic rings. The number of hydrogen-bond donors (Lipinski definition) is 0. The van der Waals surface area contributed by atoms with E-state index in [2.05, 4.69) is 130 Å². The molecule has 0 radical (unpaired) electrons. The number of fused-ring (bicyclic) bond motifs is 6. The van der Waals surface area contributed by atoms with Crippen molar-refractivity contribution in [1.29, 1.82) is 0 Å². The molecule has 55 heavy (non-hydrogen) atoms. The third kappa shape index (κ3) is 5.75. The van der Waals surface area contributed by atoms with Crippen LogP contribution in [0.15, 0.2) is 99.8 Å². The highest BCUT2D eigenvalue weighted by molar-refractivity contribution is 7.91. The summed E-state index contributed by atoms with van der Waals surface area (Å²) in [6, 6.07) is 26.2. The molecule has 2 aromatic heterocycles. The Labute approximate surface area is 326 Å². The van der Waals surface area contributed by atoms with Gasteiger partial charge >= 0.3 is 0 Å². The van der Waals surface area contributed by atoms with Crippen molar-refractivity contribution in [2.45, 2.75) is 127 Å². The van der Waals surface area contributed by atoms with Crippen molar-refractivity contribution in [3.63, 3.8) is 0 Å². The molecule has 1 aliphatic carbocycles. The highest BCUT2D eigenvalue weighted by Crippen LogP contribution is 2.54. The molecule has 6 nitrogen and oxygen atoms in total. The molecule has 0 bridgehead atoms. The summed E-state index contributed by atoms with van der Waals surface area (Å²) in [5, 5.41) is 2.04. The first-order valence-electron chi connectivity index (χ1n) is 19.5. The van der Waals surface area contributed by atoms with E-state index < -0.39 is 21.0 Å². The number of benzene rings is 4. The summed E-state index contributed by atoms with van der Waals surface area (Å²) in [5.74, 6) is 1.32. The topological polar surface area (TPSA) is 73.6 Å². The summed E-state index contributed by atoms with van der Waals surface area (Å²) in [4.78, 5) is 10.6. The van der Waals surface area contributed by atoms with Crippen LogP contribution in [0.3, 0.4) is 0 Å². The predicted molar refractivity (Wildman–Crippen MR) is 225 cm³/mol. The van der Waals surface area contributed by atoms with Gasteiger partial charge in [-0.05, 0) is 138 Å². The molecule has 0 amide bonds. The van der Waals surface area contributed by atoms with Gasteiger partial charge in [0.1, 0.15) is 17.0 Å². The lowest BCUT2D eigenvalue weighted by Gasteiger charge is -2.31. The van der Waals surface area contributed by atoms with Crippen LogP contribution < -0.4 is 0 Å². The predicted octanol–water partition coefficient (Wildman–Crippen LogP) is 11.4. The molecule has 0 unspecified atom stereocenters. The summed E-state index contributed by atoms with van der Waals surface area (Å²) in [6.07, 6.45) is 2.59. The molecule has 0 spiro atoms. The molecular weight excluding hydrogens is 699 g/mol. The van der Waals surface area contributed by atoms with E-state index >= 15 is 0 Å². The Bertz CT molecular complexity index is 2720. The van der Waals surface area contributed by atoms with Crippen molar-refractivity contribution in [3.05, 3.63) is 130 Å². The minimum Gasteiger partial charge on any atom is -0.468 e. The summed E-state index contributed by atoms with van der Waals surface area (Å²) < 4.78 is 38.7. The molecule has 3 heterocycles. The number of pyridine rings is 1. The van der Waals surface area contributed by atoms with Crippen LogP contribution in [0.4, 0.5) is 0 Å². The maximum atomic E-state index is 14.9. The zero-order chi connectivity index (χ0) is 39.6. The number of nitrogens with zero attached hydrogens (tertiary/aromatic N) is 3. The van der Waals surface area contributed by atoms with Gasteiger partial charge in [-0.2, -0.15) is 0 Å².